The smallest absolute Gasteiger partial charge is 0.247 e. The number of methoxy groups -OCH3 is 2. The Balaban J connectivity index is 2.05. The molecule has 1 atom stereocenters. The first-order valence-electron chi connectivity index (χ1n) is 7.78. The molecule has 25 heavy (non-hydrogen) atoms. The molecule has 0 fully saturated rings. The summed E-state index contributed by atoms with van der Waals surface area (Å²) in [6.07, 6.45) is 1.63. The van der Waals surface area contributed by atoms with Crippen LogP contribution in [0.3, 0.4) is 0 Å². The molecule has 1 aliphatic rings. The fourth-order valence-electron chi connectivity index (χ4n) is 2.92. The first-order chi connectivity index (χ1) is 11.9. The minimum absolute atomic E-state index is 0.453. The molecule has 0 aliphatic carbocycles. The number of rotatable bonds is 5. The second kappa shape index (κ2) is 6.76. The molecule has 0 saturated heterocycles. The first-order valence-corrected chi connectivity index (χ1v) is 9.63. The zero-order chi connectivity index (χ0) is 18.0. The van der Waals surface area contributed by atoms with Crippen molar-refractivity contribution in [3.8, 4) is 11.5 Å². The van der Waals surface area contributed by atoms with E-state index in [9.17, 15) is 8.42 Å². The minimum Gasteiger partial charge on any atom is -0.497 e. The second-order valence-electron chi connectivity index (χ2n) is 5.78. The van der Waals surface area contributed by atoms with E-state index in [0.717, 1.165) is 23.1 Å². The van der Waals surface area contributed by atoms with Gasteiger partial charge in [0.1, 0.15) is 11.5 Å². The Morgan fingerprint density at radius 3 is 2.40 bits per heavy atom. The molecule has 0 unspecified atom stereocenters. The molecular weight excluding hydrogens is 340 g/mol. The summed E-state index contributed by atoms with van der Waals surface area (Å²) in [6.45, 7) is 0. The lowest BCUT2D eigenvalue weighted by Crippen LogP contribution is -2.26. The van der Waals surface area contributed by atoms with Crippen molar-refractivity contribution in [2.24, 2.45) is 5.10 Å². The van der Waals surface area contributed by atoms with Gasteiger partial charge in [0.05, 0.1) is 32.2 Å². The molecule has 2 aromatic carbocycles. The van der Waals surface area contributed by atoms with E-state index in [1.165, 1.54) is 4.41 Å². The Labute approximate surface area is 147 Å². The summed E-state index contributed by atoms with van der Waals surface area (Å²) in [4.78, 5) is 0. The highest BCUT2D eigenvalue weighted by Crippen LogP contribution is 2.40. The topological polar surface area (TPSA) is 68.2 Å². The third kappa shape index (κ3) is 3.46. The normalized spacial score (nSPS) is 17.3. The largest absolute Gasteiger partial charge is 0.497 e. The highest BCUT2D eigenvalue weighted by Gasteiger charge is 2.36. The second-order valence-corrected chi connectivity index (χ2v) is 7.62. The molecule has 0 spiro atoms. The van der Waals surface area contributed by atoms with E-state index in [-0.39, 0.29) is 0 Å². The summed E-state index contributed by atoms with van der Waals surface area (Å²) < 4.78 is 36.4. The van der Waals surface area contributed by atoms with Gasteiger partial charge in [0.2, 0.25) is 10.0 Å². The van der Waals surface area contributed by atoms with Gasteiger partial charge in [-0.2, -0.15) is 9.52 Å². The van der Waals surface area contributed by atoms with E-state index < -0.39 is 16.1 Å². The molecule has 0 bridgehead atoms. The zero-order valence-corrected chi connectivity index (χ0v) is 15.2. The van der Waals surface area contributed by atoms with Crippen molar-refractivity contribution in [2.75, 3.05) is 20.5 Å². The fraction of sp³-hybridized carbons (Fsp3) is 0.278. The van der Waals surface area contributed by atoms with E-state index in [0.29, 0.717) is 17.9 Å². The zero-order valence-electron chi connectivity index (χ0n) is 14.3. The van der Waals surface area contributed by atoms with Gasteiger partial charge in [0, 0.05) is 18.1 Å². The molecule has 1 heterocycles. The number of ether oxygens (including phenoxy) is 2. The highest BCUT2D eigenvalue weighted by atomic mass is 32.2. The minimum atomic E-state index is -3.52. The maximum atomic E-state index is 12.3. The molecule has 0 amide bonds. The van der Waals surface area contributed by atoms with Crippen molar-refractivity contribution in [1.29, 1.82) is 0 Å². The number of sulfonamides is 1. The van der Waals surface area contributed by atoms with Gasteiger partial charge in [-0.1, -0.05) is 30.3 Å². The Hall–Kier alpha value is -2.54. The van der Waals surface area contributed by atoms with Crippen molar-refractivity contribution in [2.45, 2.75) is 12.5 Å². The predicted octanol–water partition coefficient (Wildman–Crippen LogP) is 2.81. The molecule has 2 aromatic rings. The van der Waals surface area contributed by atoms with Crippen LogP contribution in [0.5, 0.6) is 11.5 Å². The first kappa shape index (κ1) is 17.3. The Bertz CT molecular complexity index is 895. The number of benzene rings is 2. The number of nitrogens with zero attached hydrogens (tertiary/aromatic N) is 2. The van der Waals surface area contributed by atoms with Gasteiger partial charge in [0.15, 0.2) is 0 Å². The molecule has 1 aliphatic heterocycles. The summed E-state index contributed by atoms with van der Waals surface area (Å²) >= 11 is 0. The summed E-state index contributed by atoms with van der Waals surface area (Å²) in [5.41, 5.74) is 2.39. The molecule has 0 saturated carbocycles. The number of hydrogen-bond acceptors (Lipinski definition) is 5. The summed E-state index contributed by atoms with van der Waals surface area (Å²) in [5, 5.41) is 4.38. The SMILES string of the molecule is COc1ccc([C@@H]2CC(c3ccccc3)=NN2S(C)(=O)=O)c(OC)c1. The van der Waals surface area contributed by atoms with Crippen molar-refractivity contribution in [3.05, 3.63) is 59.7 Å². The monoisotopic (exact) mass is 360 g/mol. The lowest BCUT2D eigenvalue weighted by atomic mass is 9.98. The van der Waals surface area contributed by atoms with Gasteiger partial charge in [0.25, 0.3) is 0 Å². The third-order valence-electron chi connectivity index (χ3n) is 4.12. The van der Waals surface area contributed by atoms with Crippen LogP contribution in [0.4, 0.5) is 0 Å². The van der Waals surface area contributed by atoms with Crippen molar-refractivity contribution in [1.82, 2.24) is 4.41 Å². The molecular formula is C18H20N2O4S. The van der Waals surface area contributed by atoms with E-state index in [1.54, 1.807) is 26.4 Å². The third-order valence-corrected chi connectivity index (χ3v) is 5.13. The van der Waals surface area contributed by atoms with Gasteiger partial charge in [-0.25, -0.2) is 8.42 Å². The van der Waals surface area contributed by atoms with Gasteiger partial charge in [-0.15, -0.1) is 0 Å². The van der Waals surface area contributed by atoms with E-state index in [2.05, 4.69) is 5.10 Å². The Kier molecular flexibility index (Phi) is 4.67. The van der Waals surface area contributed by atoms with Crippen LogP contribution in [0.2, 0.25) is 0 Å². The van der Waals surface area contributed by atoms with Crippen LogP contribution in [0.25, 0.3) is 0 Å². The molecule has 0 N–H and O–H groups in total. The standard InChI is InChI=1S/C18H20N2O4S/c1-23-14-9-10-15(18(11-14)24-2)17-12-16(13-7-5-4-6-8-13)19-20(17)25(3,21)22/h4-11,17H,12H2,1-3H3/t17-/m0/s1. The molecule has 132 valence electrons. The average molecular weight is 360 g/mol. The maximum absolute atomic E-state index is 12.3. The fourth-order valence-corrected chi connectivity index (χ4v) is 3.82. The highest BCUT2D eigenvalue weighted by molar-refractivity contribution is 7.88. The lowest BCUT2D eigenvalue weighted by Gasteiger charge is -2.23. The quantitative estimate of drug-likeness (QED) is 0.822. The Morgan fingerprint density at radius 1 is 1.08 bits per heavy atom. The van der Waals surface area contributed by atoms with Crippen LogP contribution in [0, 0.1) is 0 Å². The summed E-state index contributed by atoms with van der Waals surface area (Å²) in [6, 6.07) is 14.5. The van der Waals surface area contributed by atoms with Gasteiger partial charge in [-0.3, -0.25) is 0 Å². The maximum Gasteiger partial charge on any atom is 0.247 e. The molecule has 6 nitrogen and oxygen atoms in total. The van der Waals surface area contributed by atoms with Crippen LogP contribution >= 0.6 is 0 Å². The van der Waals surface area contributed by atoms with Crippen LogP contribution in [0.1, 0.15) is 23.6 Å². The average Bonchev–Trinajstić information content (AvgIpc) is 3.07. The van der Waals surface area contributed by atoms with E-state index in [1.807, 2.05) is 36.4 Å². The lowest BCUT2D eigenvalue weighted by molar-refractivity contribution is 0.348. The van der Waals surface area contributed by atoms with Crippen LogP contribution < -0.4 is 9.47 Å². The van der Waals surface area contributed by atoms with Crippen molar-refractivity contribution >= 4 is 15.7 Å². The van der Waals surface area contributed by atoms with Gasteiger partial charge < -0.3 is 9.47 Å². The van der Waals surface area contributed by atoms with Crippen molar-refractivity contribution in [3.63, 3.8) is 0 Å². The van der Waals surface area contributed by atoms with Gasteiger partial charge in [-0.05, 0) is 17.7 Å². The molecule has 0 aromatic heterocycles. The summed E-state index contributed by atoms with van der Waals surface area (Å²) in [7, 11) is -0.397. The van der Waals surface area contributed by atoms with E-state index in [4.69, 9.17) is 9.47 Å². The number of hydrazone groups is 1. The van der Waals surface area contributed by atoms with Crippen LogP contribution in [-0.4, -0.2) is 39.0 Å². The Morgan fingerprint density at radius 2 is 1.80 bits per heavy atom. The van der Waals surface area contributed by atoms with Crippen LogP contribution in [0.15, 0.2) is 53.6 Å². The number of hydrogen-bond donors (Lipinski definition) is 0. The molecule has 7 heteroatoms. The predicted molar refractivity (Wildman–Crippen MR) is 96.6 cm³/mol. The molecule has 3 rings (SSSR count). The van der Waals surface area contributed by atoms with Gasteiger partial charge >= 0.3 is 0 Å². The summed E-state index contributed by atoms with van der Waals surface area (Å²) in [5.74, 6) is 1.22. The van der Waals surface area contributed by atoms with E-state index >= 15 is 0 Å². The van der Waals surface area contributed by atoms with Crippen LogP contribution in [-0.2, 0) is 10.0 Å². The van der Waals surface area contributed by atoms with Crippen molar-refractivity contribution < 1.29 is 17.9 Å². The molecule has 0 radical (unpaired) electrons.